The Morgan fingerprint density at radius 1 is 1.12 bits per heavy atom. The van der Waals surface area contributed by atoms with E-state index in [0.717, 1.165) is 5.56 Å². The molecule has 0 fully saturated rings. The van der Waals surface area contributed by atoms with Gasteiger partial charge < -0.3 is 9.47 Å². The van der Waals surface area contributed by atoms with Crippen molar-refractivity contribution in [2.75, 3.05) is 27.4 Å². The number of aryl methyl sites for hydroxylation is 1. The lowest BCUT2D eigenvalue weighted by Gasteiger charge is -2.15. The third-order valence-corrected chi connectivity index (χ3v) is 1.82. The average Bonchev–Trinajstić information content (AvgIpc) is 2.81. The molecule has 1 aromatic rings. The van der Waals surface area contributed by atoms with E-state index < -0.39 is 0 Å². The molecule has 0 aromatic carbocycles. The molecular formula is C13H28N2O2. The van der Waals surface area contributed by atoms with Crippen molar-refractivity contribution >= 4 is 0 Å². The molecule has 0 aliphatic heterocycles. The first kappa shape index (κ1) is 18.5. The molecule has 0 atom stereocenters. The van der Waals surface area contributed by atoms with Crippen molar-refractivity contribution in [2.24, 2.45) is 0 Å². The van der Waals surface area contributed by atoms with E-state index in [-0.39, 0.29) is 6.04 Å². The van der Waals surface area contributed by atoms with Gasteiger partial charge in [-0.1, -0.05) is 27.7 Å². The van der Waals surface area contributed by atoms with Crippen LogP contribution in [-0.2, 0) is 9.47 Å². The summed E-state index contributed by atoms with van der Waals surface area (Å²) in [5, 5.41) is 4.21. The van der Waals surface area contributed by atoms with Crippen LogP contribution in [0.15, 0.2) is 12.4 Å². The second-order valence-corrected chi connectivity index (χ2v) is 3.06. The van der Waals surface area contributed by atoms with Gasteiger partial charge in [0, 0.05) is 20.4 Å². The Morgan fingerprint density at radius 3 is 1.88 bits per heavy atom. The SMILES string of the molecule is CC.CC.COCC(COC)n1cc(C)cn1. The summed E-state index contributed by atoms with van der Waals surface area (Å²) in [7, 11) is 3.36. The highest BCUT2D eigenvalue weighted by Crippen LogP contribution is 2.07. The predicted octanol–water partition coefficient (Wildman–Crippen LogP) is 3.08. The molecule has 1 heterocycles. The van der Waals surface area contributed by atoms with Crippen molar-refractivity contribution in [3.05, 3.63) is 18.0 Å². The summed E-state index contributed by atoms with van der Waals surface area (Å²) < 4.78 is 12.0. The monoisotopic (exact) mass is 244 g/mol. The Bertz CT molecular complexity index is 243. The minimum Gasteiger partial charge on any atom is -0.382 e. The van der Waals surface area contributed by atoms with E-state index in [4.69, 9.17) is 9.47 Å². The van der Waals surface area contributed by atoms with Crippen LogP contribution in [0.4, 0.5) is 0 Å². The maximum atomic E-state index is 5.08. The summed E-state index contributed by atoms with van der Waals surface area (Å²) in [6.07, 6.45) is 3.82. The quantitative estimate of drug-likeness (QED) is 0.798. The van der Waals surface area contributed by atoms with Gasteiger partial charge in [-0.2, -0.15) is 5.10 Å². The predicted molar refractivity (Wildman–Crippen MR) is 72.4 cm³/mol. The van der Waals surface area contributed by atoms with Crippen LogP contribution in [0.2, 0.25) is 0 Å². The van der Waals surface area contributed by atoms with E-state index >= 15 is 0 Å². The first-order chi connectivity index (χ1) is 8.27. The summed E-state index contributed by atoms with van der Waals surface area (Å²) in [6, 6.07) is 0.170. The van der Waals surface area contributed by atoms with Crippen molar-refractivity contribution in [3.63, 3.8) is 0 Å². The fraction of sp³-hybridized carbons (Fsp3) is 0.769. The van der Waals surface area contributed by atoms with Crippen LogP contribution in [0, 0.1) is 6.92 Å². The molecule has 0 unspecified atom stereocenters. The Kier molecular flexibility index (Phi) is 14.4. The molecule has 17 heavy (non-hydrogen) atoms. The first-order valence-corrected chi connectivity index (χ1v) is 6.26. The molecule has 0 amide bonds. The highest BCUT2D eigenvalue weighted by Gasteiger charge is 2.10. The minimum absolute atomic E-state index is 0.170. The third kappa shape index (κ3) is 7.94. The highest BCUT2D eigenvalue weighted by atomic mass is 16.5. The number of rotatable bonds is 5. The average molecular weight is 244 g/mol. The Hall–Kier alpha value is -0.870. The Balaban J connectivity index is 0. The zero-order valence-corrected chi connectivity index (χ0v) is 12.4. The normalized spacial score (nSPS) is 9.18. The molecule has 4 nitrogen and oxygen atoms in total. The van der Waals surface area contributed by atoms with Crippen LogP contribution >= 0.6 is 0 Å². The number of methoxy groups -OCH3 is 2. The fourth-order valence-corrected chi connectivity index (χ4v) is 1.22. The van der Waals surface area contributed by atoms with Crippen molar-refractivity contribution < 1.29 is 9.47 Å². The zero-order chi connectivity index (χ0) is 13.7. The van der Waals surface area contributed by atoms with E-state index in [1.807, 2.05) is 51.7 Å². The number of ether oxygens (including phenoxy) is 2. The number of hydrogen-bond donors (Lipinski definition) is 0. The van der Waals surface area contributed by atoms with Gasteiger partial charge in [-0.25, -0.2) is 0 Å². The zero-order valence-electron chi connectivity index (χ0n) is 12.4. The van der Waals surface area contributed by atoms with Gasteiger partial charge >= 0.3 is 0 Å². The van der Waals surface area contributed by atoms with Gasteiger partial charge in [0.15, 0.2) is 0 Å². The van der Waals surface area contributed by atoms with Gasteiger partial charge in [0.05, 0.1) is 25.5 Å². The van der Waals surface area contributed by atoms with E-state index in [9.17, 15) is 0 Å². The molecule has 1 aromatic heterocycles. The second kappa shape index (κ2) is 13.2. The molecule has 0 radical (unpaired) electrons. The third-order valence-electron chi connectivity index (χ3n) is 1.82. The second-order valence-electron chi connectivity index (χ2n) is 3.06. The lowest BCUT2D eigenvalue weighted by atomic mass is 10.3. The van der Waals surface area contributed by atoms with Crippen molar-refractivity contribution in [1.82, 2.24) is 9.78 Å². The van der Waals surface area contributed by atoms with Gasteiger partial charge in [-0.05, 0) is 12.5 Å². The summed E-state index contributed by atoms with van der Waals surface area (Å²) in [4.78, 5) is 0. The summed E-state index contributed by atoms with van der Waals surface area (Å²) in [5.41, 5.74) is 1.15. The van der Waals surface area contributed by atoms with Gasteiger partial charge in [0.25, 0.3) is 0 Å². The molecule has 1 rings (SSSR count). The van der Waals surface area contributed by atoms with E-state index in [2.05, 4.69) is 5.10 Å². The van der Waals surface area contributed by atoms with Gasteiger partial charge in [0.2, 0.25) is 0 Å². The van der Waals surface area contributed by atoms with Crippen molar-refractivity contribution in [3.8, 4) is 0 Å². The first-order valence-electron chi connectivity index (χ1n) is 6.26. The highest BCUT2D eigenvalue weighted by molar-refractivity contribution is 5.00. The molecule has 0 saturated heterocycles. The van der Waals surface area contributed by atoms with Crippen LogP contribution in [-0.4, -0.2) is 37.2 Å². The number of nitrogens with zero attached hydrogens (tertiary/aromatic N) is 2. The van der Waals surface area contributed by atoms with Crippen LogP contribution in [0.5, 0.6) is 0 Å². The van der Waals surface area contributed by atoms with Gasteiger partial charge in [-0.15, -0.1) is 0 Å². The largest absolute Gasteiger partial charge is 0.382 e. The lowest BCUT2D eigenvalue weighted by molar-refractivity contribution is 0.0838. The summed E-state index contributed by atoms with van der Waals surface area (Å²) >= 11 is 0. The van der Waals surface area contributed by atoms with Gasteiger partial charge in [0.1, 0.15) is 0 Å². The summed E-state index contributed by atoms with van der Waals surface area (Å²) in [5.74, 6) is 0. The smallest absolute Gasteiger partial charge is 0.0985 e. The van der Waals surface area contributed by atoms with Gasteiger partial charge in [-0.3, -0.25) is 4.68 Å². The number of hydrogen-bond acceptors (Lipinski definition) is 3. The fourth-order valence-electron chi connectivity index (χ4n) is 1.22. The molecule has 0 spiro atoms. The van der Waals surface area contributed by atoms with Crippen LogP contribution in [0.3, 0.4) is 0 Å². The minimum atomic E-state index is 0.170. The van der Waals surface area contributed by atoms with Crippen LogP contribution in [0.1, 0.15) is 39.3 Å². The lowest BCUT2D eigenvalue weighted by Crippen LogP contribution is -2.20. The maximum Gasteiger partial charge on any atom is 0.0985 e. The van der Waals surface area contributed by atoms with E-state index in [1.165, 1.54) is 0 Å². The molecule has 0 aliphatic carbocycles. The van der Waals surface area contributed by atoms with Crippen molar-refractivity contribution in [1.29, 1.82) is 0 Å². The molecule has 4 heteroatoms. The Morgan fingerprint density at radius 2 is 1.59 bits per heavy atom. The standard InChI is InChI=1S/C9H16N2O2.2C2H6/c1-8-4-10-11(5-8)9(6-12-2)7-13-3;2*1-2/h4-5,9H,6-7H2,1-3H3;2*1-2H3. The molecule has 0 N–H and O–H groups in total. The molecule has 0 bridgehead atoms. The van der Waals surface area contributed by atoms with Crippen molar-refractivity contribution in [2.45, 2.75) is 40.7 Å². The summed E-state index contributed by atoms with van der Waals surface area (Å²) in [6.45, 7) is 11.3. The van der Waals surface area contributed by atoms with E-state index in [1.54, 1.807) is 14.2 Å². The molecule has 0 saturated carbocycles. The molecule has 102 valence electrons. The molecule has 0 aliphatic rings. The maximum absolute atomic E-state index is 5.08. The van der Waals surface area contributed by atoms with Crippen LogP contribution in [0.25, 0.3) is 0 Å². The van der Waals surface area contributed by atoms with E-state index in [0.29, 0.717) is 13.2 Å². The van der Waals surface area contributed by atoms with Crippen LogP contribution < -0.4 is 0 Å². The number of aromatic nitrogens is 2. The Labute approximate surface area is 106 Å². The topological polar surface area (TPSA) is 36.3 Å². The molecular weight excluding hydrogens is 216 g/mol.